The quantitative estimate of drug-likeness (QED) is 0.791. The highest BCUT2D eigenvalue weighted by Crippen LogP contribution is 2.26. The van der Waals surface area contributed by atoms with Gasteiger partial charge in [-0.25, -0.2) is 0 Å². The number of rotatable bonds is 3. The van der Waals surface area contributed by atoms with Crippen molar-refractivity contribution in [3.05, 3.63) is 0 Å². The van der Waals surface area contributed by atoms with Crippen LogP contribution in [0, 0.1) is 5.92 Å². The van der Waals surface area contributed by atoms with Crippen LogP contribution >= 0.6 is 0 Å². The lowest BCUT2D eigenvalue weighted by Crippen LogP contribution is -2.50. The number of carbonyl (C=O) groups is 1. The summed E-state index contributed by atoms with van der Waals surface area (Å²) >= 11 is 0. The molecule has 0 unspecified atom stereocenters. The van der Waals surface area contributed by atoms with Gasteiger partial charge in [0.1, 0.15) is 0 Å². The lowest BCUT2D eigenvalue weighted by molar-refractivity contribution is -0.124. The highest BCUT2D eigenvalue weighted by atomic mass is 16.2. The Hall–Kier alpha value is -0.570. The van der Waals surface area contributed by atoms with Crippen LogP contribution in [0.15, 0.2) is 0 Å². The molecule has 0 radical (unpaired) electrons. The van der Waals surface area contributed by atoms with Gasteiger partial charge in [-0.2, -0.15) is 0 Å². The van der Waals surface area contributed by atoms with E-state index in [1.807, 2.05) is 0 Å². The van der Waals surface area contributed by atoms with Gasteiger partial charge in [0, 0.05) is 6.04 Å². The number of hydrogen-bond acceptors (Lipinski definition) is 2. The van der Waals surface area contributed by atoms with Crippen LogP contribution in [-0.2, 0) is 4.79 Å². The average molecular weight is 238 g/mol. The Kier molecular flexibility index (Phi) is 4.84. The van der Waals surface area contributed by atoms with E-state index in [1.54, 1.807) is 0 Å². The summed E-state index contributed by atoms with van der Waals surface area (Å²) in [5, 5.41) is 6.53. The molecular formula is C14H26N2O. The zero-order valence-electron chi connectivity index (χ0n) is 11.0. The predicted octanol–water partition coefficient (Wildman–Crippen LogP) is 2.21. The first kappa shape index (κ1) is 12.9. The molecule has 1 saturated heterocycles. The van der Waals surface area contributed by atoms with Gasteiger partial charge in [-0.1, -0.05) is 25.7 Å². The summed E-state index contributed by atoms with van der Waals surface area (Å²) in [6.45, 7) is 3.17. The first-order valence-electron chi connectivity index (χ1n) is 7.31. The maximum atomic E-state index is 12.1. The zero-order chi connectivity index (χ0) is 12.1. The van der Waals surface area contributed by atoms with E-state index in [1.165, 1.54) is 44.9 Å². The molecule has 1 heterocycles. The Morgan fingerprint density at radius 1 is 1.12 bits per heavy atom. The van der Waals surface area contributed by atoms with E-state index in [0.29, 0.717) is 12.0 Å². The fourth-order valence-electron chi connectivity index (χ4n) is 3.15. The summed E-state index contributed by atoms with van der Waals surface area (Å²) in [6, 6.07) is 0.418. The smallest absolute Gasteiger partial charge is 0.237 e. The van der Waals surface area contributed by atoms with Crippen molar-refractivity contribution < 1.29 is 4.79 Å². The van der Waals surface area contributed by atoms with E-state index in [4.69, 9.17) is 0 Å². The molecular weight excluding hydrogens is 212 g/mol. The third-order valence-corrected chi connectivity index (χ3v) is 4.35. The molecule has 1 saturated carbocycles. The normalized spacial score (nSPS) is 28.6. The van der Waals surface area contributed by atoms with Crippen molar-refractivity contribution in [1.29, 1.82) is 0 Å². The summed E-state index contributed by atoms with van der Waals surface area (Å²) in [5.41, 5.74) is 0. The fourth-order valence-corrected chi connectivity index (χ4v) is 3.15. The molecule has 0 aromatic heterocycles. The monoisotopic (exact) mass is 238 g/mol. The van der Waals surface area contributed by atoms with Crippen LogP contribution in [-0.4, -0.2) is 24.5 Å². The summed E-state index contributed by atoms with van der Waals surface area (Å²) in [5.74, 6) is 0.930. The molecule has 1 aliphatic carbocycles. The van der Waals surface area contributed by atoms with Gasteiger partial charge in [-0.15, -0.1) is 0 Å². The summed E-state index contributed by atoms with van der Waals surface area (Å²) < 4.78 is 0. The zero-order valence-corrected chi connectivity index (χ0v) is 11.0. The fraction of sp³-hybridized carbons (Fsp3) is 0.929. The first-order valence-corrected chi connectivity index (χ1v) is 7.31. The minimum Gasteiger partial charge on any atom is -0.352 e. The molecule has 17 heavy (non-hydrogen) atoms. The molecule has 0 spiro atoms. The van der Waals surface area contributed by atoms with Crippen molar-refractivity contribution in [2.75, 3.05) is 6.54 Å². The summed E-state index contributed by atoms with van der Waals surface area (Å²) in [6.07, 6.45) is 10.0. The summed E-state index contributed by atoms with van der Waals surface area (Å²) in [7, 11) is 0. The number of piperidine rings is 1. The van der Waals surface area contributed by atoms with E-state index >= 15 is 0 Å². The lowest BCUT2D eigenvalue weighted by atomic mass is 9.84. The van der Waals surface area contributed by atoms with Crippen LogP contribution in [0.25, 0.3) is 0 Å². The van der Waals surface area contributed by atoms with E-state index in [0.717, 1.165) is 13.0 Å². The van der Waals surface area contributed by atoms with Gasteiger partial charge in [-0.3, -0.25) is 4.79 Å². The molecule has 2 N–H and O–H groups in total. The van der Waals surface area contributed by atoms with Crippen LogP contribution in [0.5, 0.6) is 0 Å². The van der Waals surface area contributed by atoms with Gasteiger partial charge >= 0.3 is 0 Å². The largest absolute Gasteiger partial charge is 0.352 e. The highest BCUT2D eigenvalue weighted by Gasteiger charge is 2.25. The van der Waals surface area contributed by atoms with E-state index in [2.05, 4.69) is 17.6 Å². The molecule has 2 aliphatic rings. The number of hydrogen-bond donors (Lipinski definition) is 2. The molecule has 1 aliphatic heterocycles. The van der Waals surface area contributed by atoms with Crippen molar-refractivity contribution >= 4 is 5.91 Å². The van der Waals surface area contributed by atoms with Crippen molar-refractivity contribution in [3.63, 3.8) is 0 Å². The maximum Gasteiger partial charge on any atom is 0.237 e. The number of nitrogens with one attached hydrogen (secondary N) is 2. The second-order valence-corrected chi connectivity index (χ2v) is 5.70. The Morgan fingerprint density at radius 3 is 2.47 bits per heavy atom. The van der Waals surface area contributed by atoms with Crippen LogP contribution in [0.1, 0.15) is 58.3 Å². The molecule has 2 rings (SSSR count). The molecule has 3 heteroatoms. The SMILES string of the molecule is C[C@@H](NC(=O)[C@@H]1CCCCN1)C1CCCCC1. The topological polar surface area (TPSA) is 41.1 Å². The lowest BCUT2D eigenvalue weighted by Gasteiger charge is -2.30. The molecule has 0 aromatic carbocycles. The molecule has 98 valence electrons. The van der Waals surface area contributed by atoms with Crippen LogP contribution in [0.4, 0.5) is 0 Å². The summed E-state index contributed by atoms with van der Waals surface area (Å²) in [4.78, 5) is 12.1. The van der Waals surface area contributed by atoms with Crippen LogP contribution in [0.3, 0.4) is 0 Å². The molecule has 0 bridgehead atoms. The first-order chi connectivity index (χ1) is 8.27. The second kappa shape index (κ2) is 6.39. The third-order valence-electron chi connectivity index (χ3n) is 4.35. The Labute approximate surface area is 105 Å². The van der Waals surface area contributed by atoms with E-state index in [9.17, 15) is 4.79 Å². The van der Waals surface area contributed by atoms with E-state index < -0.39 is 0 Å². The molecule has 2 atom stereocenters. The second-order valence-electron chi connectivity index (χ2n) is 5.70. The van der Waals surface area contributed by atoms with Gasteiger partial charge in [0.25, 0.3) is 0 Å². The van der Waals surface area contributed by atoms with Crippen LogP contribution < -0.4 is 10.6 Å². The highest BCUT2D eigenvalue weighted by molar-refractivity contribution is 5.82. The van der Waals surface area contributed by atoms with Gasteiger partial charge in [0.2, 0.25) is 5.91 Å². The van der Waals surface area contributed by atoms with Gasteiger partial charge in [0.15, 0.2) is 0 Å². The van der Waals surface area contributed by atoms with Crippen molar-refractivity contribution in [2.45, 2.75) is 70.4 Å². The number of amides is 1. The molecule has 3 nitrogen and oxygen atoms in total. The van der Waals surface area contributed by atoms with Crippen molar-refractivity contribution in [3.8, 4) is 0 Å². The van der Waals surface area contributed by atoms with E-state index in [-0.39, 0.29) is 11.9 Å². The maximum absolute atomic E-state index is 12.1. The molecule has 2 fully saturated rings. The van der Waals surface area contributed by atoms with Gasteiger partial charge in [0.05, 0.1) is 6.04 Å². The van der Waals surface area contributed by atoms with Crippen LogP contribution in [0.2, 0.25) is 0 Å². The average Bonchev–Trinajstić information content (AvgIpc) is 2.40. The van der Waals surface area contributed by atoms with Crippen molar-refractivity contribution in [2.24, 2.45) is 5.92 Å². The minimum absolute atomic E-state index is 0.0646. The Balaban J connectivity index is 1.76. The predicted molar refractivity (Wildman–Crippen MR) is 69.8 cm³/mol. The number of carbonyl (C=O) groups excluding carboxylic acids is 1. The van der Waals surface area contributed by atoms with Crippen molar-refractivity contribution in [1.82, 2.24) is 10.6 Å². The van der Waals surface area contributed by atoms with Gasteiger partial charge < -0.3 is 10.6 Å². The minimum atomic E-state index is 0.0646. The Morgan fingerprint density at radius 2 is 1.82 bits per heavy atom. The van der Waals surface area contributed by atoms with Gasteiger partial charge in [-0.05, 0) is 45.1 Å². The third kappa shape index (κ3) is 3.70. The Bertz CT molecular complexity index is 243. The standard InChI is InChI=1S/C14H26N2O/c1-11(12-7-3-2-4-8-12)16-14(17)13-9-5-6-10-15-13/h11-13,15H,2-10H2,1H3,(H,16,17)/t11-,13+/m1/s1. The molecule has 0 aromatic rings. The molecule has 1 amide bonds.